The van der Waals surface area contributed by atoms with Gasteiger partial charge in [0.05, 0.1) is 13.2 Å². The highest BCUT2D eigenvalue weighted by molar-refractivity contribution is 6.07. The van der Waals surface area contributed by atoms with Gasteiger partial charge in [0, 0.05) is 17.8 Å². The van der Waals surface area contributed by atoms with Gasteiger partial charge in [-0.3, -0.25) is 4.79 Å². The lowest BCUT2D eigenvalue weighted by Gasteiger charge is -2.30. The molecule has 1 amide bonds. The summed E-state index contributed by atoms with van der Waals surface area (Å²) in [5, 5.41) is 0. The minimum Gasteiger partial charge on any atom is -0.493 e. The number of carbonyl (C=O) groups is 1. The average molecular weight is 339 g/mol. The van der Waals surface area contributed by atoms with Gasteiger partial charge in [-0.2, -0.15) is 0 Å². The van der Waals surface area contributed by atoms with Crippen LogP contribution in [0.2, 0.25) is 0 Å². The van der Waals surface area contributed by atoms with E-state index in [0.717, 1.165) is 25.1 Å². The van der Waals surface area contributed by atoms with Crippen LogP contribution in [0.4, 0.5) is 5.69 Å². The number of aryl methyl sites for hydroxylation is 2. The molecule has 0 aromatic heterocycles. The monoisotopic (exact) mass is 339 g/mol. The Hall–Kier alpha value is -2.49. The highest BCUT2D eigenvalue weighted by Crippen LogP contribution is 2.32. The molecule has 0 saturated heterocycles. The number of rotatable bonds is 4. The topological polar surface area (TPSA) is 38.8 Å². The van der Waals surface area contributed by atoms with Crippen LogP contribution in [-0.2, 0) is 6.42 Å². The molecule has 0 saturated carbocycles. The summed E-state index contributed by atoms with van der Waals surface area (Å²) in [4.78, 5) is 14.9. The smallest absolute Gasteiger partial charge is 0.258 e. The number of methoxy groups -OCH3 is 1. The van der Waals surface area contributed by atoms with Crippen molar-refractivity contribution in [1.29, 1.82) is 0 Å². The van der Waals surface area contributed by atoms with Crippen molar-refractivity contribution in [2.75, 3.05) is 18.6 Å². The molecule has 1 aliphatic heterocycles. The van der Waals surface area contributed by atoms with Gasteiger partial charge in [0.25, 0.3) is 5.91 Å². The fourth-order valence-corrected chi connectivity index (χ4v) is 3.24. The number of carbonyl (C=O) groups excluding carboxylic acids is 1. The van der Waals surface area contributed by atoms with E-state index in [-0.39, 0.29) is 12.0 Å². The standard InChI is InChI=1S/C21H25NO3/c1-14(2)25-19-10-8-17(13-20(19)24-4)21(23)22-11-5-6-16-12-15(3)7-9-18(16)22/h7-10,12-14H,5-6,11H2,1-4H3. The molecule has 0 N–H and O–H groups in total. The summed E-state index contributed by atoms with van der Waals surface area (Å²) in [6.07, 6.45) is 2.05. The van der Waals surface area contributed by atoms with Crippen LogP contribution in [0.3, 0.4) is 0 Å². The maximum Gasteiger partial charge on any atom is 0.258 e. The average Bonchev–Trinajstić information content (AvgIpc) is 2.60. The molecule has 132 valence electrons. The minimum atomic E-state index is -0.000741. The Morgan fingerprint density at radius 1 is 1.12 bits per heavy atom. The molecule has 0 radical (unpaired) electrons. The summed E-state index contributed by atoms with van der Waals surface area (Å²) < 4.78 is 11.1. The van der Waals surface area contributed by atoms with Crippen LogP contribution in [0, 0.1) is 6.92 Å². The Kier molecular flexibility index (Phi) is 4.98. The summed E-state index contributed by atoms with van der Waals surface area (Å²) in [7, 11) is 1.59. The first-order valence-corrected chi connectivity index (χ1v) is 8.75. The van der Waals surface area contributed by atoms with Gasteiger partial charge in [-0.1, -0.05) is 17.7 Å². The number of amides is 1. The zero-order valence-corrected chi connectivity index (χ0v) is 15.3. The fourth-order valence-electron chi connectivity index (χ4n) is 3.24. The van der Waals surface area contributed by atoms with Gasteiger partial charge in [-0.25, -0.2) is 0 Å². The zero-order chi connectivity index (χ0) is 18.0. The summed E-state index contributed by atoms with van der Waals surface area (Å²) >= 11 is 0. The van der Waals surface area contributed by atoms with E-state index in [9.17, 15) is 4.79 Å². The zero-order valence-electron chi connectivity index (χ0n) is 15.3. The van der Waals surface area contributed by atoms with Gasteiger partial charge in [-0.15, -0.1) is 0 Å². The van der Waals surface area contributed by atoms with E-state index in [1.54, 1.807) is 13.2 Å². The number of hydrogen-bond donors (Lipinski definition) is 0. The van der Waals surface area contributed by atoms with Crippen LogP contribution < -0.4 is 14.4 Å². The lowest BCUT2D eigenvalue weighted by molar-refractivity contribution is 0.0984. The van der Waals surface area contributed by atoms with Gasteiger partial charge in [0.15, 0.2) is 11.5 Å². The second-order valence-corrected chi connectivity index (χ2v) is 6.72. The molecule has 2 aromatic rings. The second-order valence-electron chi connectivity index (χ2n) is 6.72. The predicted octanol–water partition coefficient (Wildman–Crippen LogP) is 4.38. The molecule has 2 aromatic carbocycles. The van der Waals surface area contributed by atoms with Crippen molar-refractivity contribution in [1.82, 2.24) is 0 Å². The van der Waals surface area contributed by atoms with E-state index in [1.165, 1.54) is 11.1 Å². The largest absolute Gasteiger partial charge is 0.493 e. The molecule has 3 rings (SSSR count). The Morgan fingerprint density at radius 2 is 1.92 bits per heavy atom. The van der Waals surface area contributed by atoms with Crippen LogP contribution >= 0.6 is 0 Å². The van der Waals surface area contributed by atoms with E-state index in [1.807, 2.05) is 30.9 Å². The molecule has 0 bridgehead atoms. The molecule has 4 heteroatoms. The van der Waals surface area contributed by atoms with Crippen LogP contribution in [0.15, 0.2) is 36.4 Å². The molecule has 4 nitrogen and oxygen atoms in total. The van der Waals surface area contributed by atoms with Gasteiger partial charge in [0.2, 0.25) is 0 Å². The number of fused-ring (bicyclic) bond motifs is 1. The molecular weight excluding hydrogens is 314 g/mol. The number of hydrogen-bond acceptors (Lipinski definition) is 3. The first-order chi connectivity index (χ1) is 12.0. The Bertz CT molecular complexity index is 783. The van der Waals surface area contributed by atoms with Crippen molar-refractivity contribution in [3.8, 4) is 11.5 Å². The van der Waals surface area contributed by atoms with Crippen molar-refractivity contribution in [2.24, 2.45) is 0 Å². The van der Waals surface area contributed by atoms with Crippen molar-refractivity contribution in [3.63, 3.8) is 0 Å². The maximum atomic E-state index is 13.1. The van der Waals surface area contributed by atoms with Crippen LogP contribution in [-0.4, -0.2) is 25.7 Å². The third-order valence-electron chi connectivity index (χ3n) is 4.37. The molecule has 25 heavy (non-hydrogen) atoms. The van der Waals surface area contributed by atoms with Crippen molar-refractivity contribution in [3.05, 3.63) is 53.1 Å². The highest BCUT2D eigenvalue weighted by atomic mass is 16.5. The highest BCUT2D eigenvalue weighted by Gasteiger charge is 2.24. The molecular formula is C21H25NO3. The fraction of sp³-hybridized carbons (Fsp3) is 0.381. The first-order valence-electron chi connectivity index (χ1n) is 8.75. The normalized spacial score (nSPS) is 13.6. The van der Waals surface area contributed by atoms with E-state index in [0.29, 0.717) is 17.1 Å². The Balaban J connectivity index is 1.92. The van der Waals surface area contributed by atoms with Crippen molar-refractivity contribution < 1.29 is 14.3 Å². The number of ether oxygens (including phenoxy) is 2. The second kappa shape index (κ2) is 7.18. The van der Waals surface area contributed by atoms with E-state index < -0.39 is 0 Å². The third kappa shape index (κ3) is 3.63. The number of anilines is 1. The van der Waals surface area contributed by atoms with E-state index in [4.69, 9.17) is 9.47 Å². The Morgan fingerprint density at radius 3 is 2.64 bits per heavy atom. The third-order valence-corrected chi connectivity index (χ3v) is 4.37. The molecule has 0 fully saturated rings. The van der Waals surface area contributed by atoms with E-state index >= 15 is 0 Å². The SMILES string of the molecule is COc1cc(C(=O)N2CCCc3cc(C)ccc32)ccc1OC(C)C. The number of nitrogens with zero attached hydrogens (tertiary/aromatic N) is 1. The molecule has 1 heterocycles. The number of benzene rings is 2. The van der Waals surface area contributed by atoms with Gasteiger partial charge < -0.3 is 14.4 Å². The summed E-state index contributed by atoms with van der Waals surface area (Å²) in [5.74, 6) is 1.24. The molecule has 1 aliphatic rings. The lowest BCUT2D eigenvalue weighted by Crippen LogP contribution is -2.35. The maximum absolute atomic E-state index is 13.1. The van der Waals surface area contributed by atoms with Gasteiger partial charge in [-0.05, 0) is 63.4 Å². The molecule has 0 unspecified atom stereocenters. The van der Waals surface area contributed by atoms with Gasteiger partial charge >= 0.3 is 0 Å². The molecule has 0 atom stereocenters. The van der Waals surface area contributed by atoms with Gasteiger partial charge in [0.1, 0.15) is 0 Å². The minimum absolute atomic E-state index is 0.000741. The molecule has 0 spiro atoms. The predicted molar refractivity (Wildman–Crippen MR) is 99.9 cm³/mol. The van der Waals surface area contributed by atoms with Crippen molar-refractivity contribution in [2.45, 2.75) is 39.7 Å². The van der Waals surface area contributed by atoms with Crippen LogP contribution in [0.5, 0.6) is 11.5 Å². The molecule has 0 aliphatic carbocycles. The summed E-state index contributed by atoms with van der Waals surface area (Å²) in [6, 6.07) is 11.7. The Labute approximate surface area is 149 Å². The lowest BCUT2D eigenvalue weighted by atomic mass is 9.99. The van der Waals surface area contributed by atoms with E-state index in [2.05, 4.69) is 25.1 Å². The van der Waals surface area contributed by atoms with Crippen molar-refractivity contribution >= 4 is 11.6 Å². The van der Waals surface area contributed by atoms with Crippen LogP contribution in [0.1, 0.15) is 41.8 Å². The van der Waals surface area contributed by atoms with Crippen LogP contribution in [0.25, 0.3) is 0 Å². The summed E-state index contributed by atoms with van der Waals surface area (Å²) in [5.41, 5.74) is 4.10. The quantitative estimate of drug-likeness (QED) is 0.829. The first kappa shape index (κ1) is 17.3. The summed E-state index contributed by atoms with van der Waals surface area (Å²) in [6.45, 7) is 6.75.